The average molecular weight is 313 g/mol. The largest absolute Gasteiger partial charge is 0.320 e. The van der Waals surface area contributed by atoms with Crippen molar-refractivity contribution < 1.29 is 4.48 Å². The Labute approximate surface area is 142 Å². The smallest absolute Gasteiger partial charge is 0.0913 e. The lowest BCUT2D eigenvalue weighted by Crippen LogP contribution is -2.64. The topological polar surface area (TPSA) is 0 Å². The van der Waals surface area contributed by atoms with Gasteiger partial charge in [0.1, 0.15) is 0 Å². The number of rotatable bonds is 11. The summed E-state index contributed by atoms with van der Waals surface area (Å²) in [4.78, 5) is 0. The van der Waals surface area contributed by atoms with E-state index in [9.17, 15) is 0 Å². The van der Waals surface area contributed by atoms with Crippen LogP contribution in [0.15, 0.2) is 0 Å². The van der Waals surface area contributed by atoms with E-state index in [1.54, 1.807) is 0 Å². The number of nitrogens with zero attached hydrogens (tertiary/aromatic N) is 1. The molecule has 0 N–H and O–H groups in total. The van der Waals surface area contributed by atoms with Gasteiger partial charge in [-0.25, -0.2) is 0 Å². The van der Waals surface area contributed by atoms with E-state index in [2.05, 4.69) is 69.4 Å². The molecule has 1 nitrogen and oxygen atoms in total. The van der Waals surface area contributed by atoms with Crippen LogP contribution in [-0.4, -0.2) is 30.2 Å². The van der Waals surface area contributed by atoms with Crippen LogP contribution >= 0.6 is 0 Å². The van der Waals surface area contributed by atoms with E-state index in [-0.39, 0.29) is 0 Å². The summed E-state index contributed by atoms with van der Waals surface area (Å²) in [6.07, 6.45) is 6.49. The molecule has 0 saturated carbocycles. The highest BCUT2D eigenvalue weighted by atomic mass is 15.4. The van der Waals surface area contributed by atoms with E-state index in [0.29, 0.717) is 5.41 Å². The third kappa shape index (κ3) is 4.98. The van der Waals surface area contributed by atoms with Gasteiger partial charge in [0.25, 0.3) is 0 Å². The maximum atomic E-state index is 2.58. The van der Waals surface area contributed by atoms with Gasteiger partial charge in [0.15, 0.2) is 0 Å². The minimum atomic E-state index is 0.470. The summed E-state index contributed by atoms with van der Waals surface area (Å²) in [6, 6.07) is 1.56. The van der Waals surface area contributed by atoms with Gasteiger partial charge in [-0.15, -0.1) is 0 Å². The predicted octanol–water partition coefficient (Wildman–Crippen LogP) is 6.52. The van der Waals surface area contributed by atoms with Crippen LogP contribution in [0.2, 0.25) is 0 Å². The molecule has 0 aliphatic carbocycles. The van der Waals surface area contributed by atoms with Crippen LogP contribution in [0.5, 0.6) is 0 Å². The van der Waals surface area contributed by atoms with Crippen LogP contribution in [0.4, 0.5) is 0 Å². The molecule has 0 saturated heterocycles. The van der Waals surface area contributed by atoms with Gasteiger partial charge in [-0.3, -0.25) is 0 Å². The SMILES string of the molecule is CCC(C(C)C)[N@@+](C)(CC(C)(CC)CC)C(CC)[C@H](C)CC. The molecule has 0 aromatic rings. The minimum Gasteiger partial charge on any atom is -0.320 e. The molecule has 0 amide bonds. The van der Waals surface area contributed by atoms with Gasteiger partial charge in [-0.05, 0) is 32.1 Å². The van der Waals surface area contributed by atoms with Crippen molar-refractivity contribution >= 4 is 0 Å². The molecule has 0 rings (SSSR count). The van der Waals surface area contributed by atoms with Gasteiger partial charge in [-0.1, -0.05) is 62.3 Å². The highest BCUT2D eigenvalue weighted by Gasteiger charge is 2.45. The third-order valence-electron chi connectivity index (χ3n) is 6.85. The Balaban J connectivity index is 5.83. The summed E-state index contributed by atoms with van der Waals surface area (Å²) < 4.78 is 1.28. The lowest BCUT2D eigenvalue weighted by atomic mass is 9.79. The molecular formula is C21H46N+. The molecule has 1 heteroatoms. The first-order chi connectivity index (χ1) is 10.2. The van der Waals surface area contributed by atoms with Gasteiger partial charge in [0, 0.05) is 17.3 Å². The quantitative estimate of drug-likeness (QED) is 0.381. The molecule has 134 valence electrons. The van der Waals surface area contributed by atoms with Crippen molar-refractivity contribution in [3.63, 3.8) is 0 Å². The molecule has 4 atom stereocenters. The molecule has 0 aromatic heterocycles. The van der Waals surface area contributed by atoms with Crippen LogP contribution < -0.4 is 0 Å². The fraction of sp³-hybridized carbons (Fsp3) is 1.00. The molecule has 0 spiro atoms. The highest BCUT2D eigenvalue weighted by molar-refractivity contribution is 4.78. The summed E-state index contributed by atoms with van der Waals surface area (Å²) >= 11 is 0. The Morgan fingerprint density at radius 2 is 1.23 bits per heavy atom. The number of quaternary nitrogens is 1. The molecule has 0 heterocycles. The molecule has 0 bridgehead atoms. The van der Waals surface area contributed by atoms with Crippen LogP contribution in [0, 0.1) is 17.3 Å². The Hall–Kier alpha value is -0.0400. The molecule has 22 heavy (non-hydrogen) atoms. The molecule has 0 aromatic carbocycles. The summed E-state index contributed by atoms with van der Waals surface area (Å²) in [5.41, 5.74) is 0.470. The lowest BCUT2D eigenvalue weighted by molar-refractivity contribution is -0.968. The van der Waals surface area contributed by atoms with Gasteiger partial charge in [-0.2, -0.15) is 0 Å². The average Bonchev–Trinajstić information content (AvgIpc) is 2.47. The van der Waals surface area contributed by atoms with Crippen molar-refractivity contribution in [1.82, 2.24) is 0 Å². The predicted molar refractivity (Wildman–Crippen MR) is 102 cm³/mol. The fourth-order valence-electron chi connectivity index (χ4n) is 5.02. The third-order valence-corrected chi connectivity index (χ3v) is 6.85. The second kappa shape index (κ2) is 9.30. The molecule has 2 unspecified atom stereocenters. The van der Waals surface area contributed by atoms with Crippen LogP contribution in [0.3, 0.4) is 0 Å². The normalized spacial score (nSPS) is 19.8. The van der Waals surface area contributed by atoms with Crippen molar-refractivity contribution in [1.29, 1.82) is 0 Å². The van der Waals surface area contributed by atoms with E-state index in [1.807, 2.05) is 0 Å². The molecule has 0 radical (unpaired) electrons. The van der Waals surface area contributed by atoms with Crippen molar-refractivity contribution in [3.05, 3.63) is 0 Å². The summed E-state index contributed by atoms with van der Waals surface area (Å²) in [5, 5.41) is 0. The lowest BCUT2D eigenvalue weighted by Gasteiger charge is -2.54. The number of hydrogen-bond acceptors (Lipinski definition) is 0. The van der Waals surface area contributed by atoms with Crippen LogP contribution in [0.1, 0.15) is 94.4 Å². The molecule has 0 aliphatic rings. The van der Waals surface area contributed by atoms with Crippen LogP contribution in [-0.2, 0) is 0 Å². The second-order valence-electron chi connectivity index (χ2n) is 8.60. The Morgan fingerprint density at radius 1 is 0.773 bits per heavy atom. The first kappa shape index (κ1) is 22.0. The van der Waals surface area contributed by atoms with E-state index >= 15 is 0 Å². The van der Waals surface area contributed by atoms with Gasteiger partial charge in [0.2, 0.25) is 0 Å². The maximum Gasteiger partial charge on any atom is 0.0913 e. The Bertz CT molecular complexity index is 292. The van der Waals surface area contributed by atoms with E-state index in [1.165, 1.54) is 43.1 Å². The maximum absolute atomic E-state index is 2.58. The monoisotopic (exact) mass is 312 g/mol. The Morgan fingerprint density at radius 3 is 1.50 bits per heavy atom. The molecule has 0 fully saturated rings. The Kier molecular flexibility index (Phi) is 9.29. The van der Waals surface area contributed by atoms with Crippen molar-refractivity contribution in [2.45, 2.75) is 107 Å². The van der Waals surface area contributed by atoms with Crippen LogP contribution in [0.25, 0.3) is 0 Å². The summed E-state index contributed by atoms with van der Waals surface area (Å²) in [7, 11) is 2.58. The van der Waals surface area contributed by atoms with E-state index in [4.69, 9.17) is 0 Å². The zero-order chi connectivity index (χ0) is 17.6. The van der Waals surface area contributed by atoms with E-state index < -0.39 is 0 Å². The first-order valence-corrected chi connectivity index (χ1v) is 10.00. The zero-order valence-corrected chi connectivity index (χ0v) is 17.5. The minimum absolute atomic E-state index is 0.470. The van der Waals surface area contributed by atoms with Gasteiger partial charge < -0.3 is 4.48 Å². The number of hydrogen-bond donors (Lipinski definition) is 0. The highest BCUT2D eigenvalue weighted by Crippen LogP contribution is 2.38. The molecular weight excluding hydrogens is 266 g/mol. The van der Waals surface area contributed by atoms with Crippen molar-refractivity contribution in [2.24, 2.45) is 17.3 Å². The second-order valence-corrected chi connectivity index (χ2v) is 8.60. The summed E-state index contributed by atoms with van der Waals surface area (Å²) in [5.74, 6) is 1.56. The van der Waals surface area contributed by atoms with Gasteiger partial charge >= 0.3 is 0 Å². The van der Waals surface area contributed by atoms with E-state index in [0.717, 1.165) is 23.9 Å². The molecule has 0 aliphatic heterocycles. The van der Waals surface area contributed by atoms with Crippen molar-refractivity contribution in [3.8, 4) is 0 Å². The van der Waals surface area contributed by atoms with Crippen molar-refractivity contribution in [2.75, 3.05) is 13.6 Å². The van der Waals surface area contributed by atoms with Gasteiger partial charge in [0.05, 0.1) is 25.7 Å². The zero-order valence-electron chi connectivity index (χ0n) is 17.5. The summed E-state index contributed by atoms with van der Waals surface area (Å²) in [6.45, 7) is 23.1. The standard InChI is InChI=1S/C21H46N/c1-11-18(8)20(13-3)22(10,19(12-2)17(6)7)16-21(9,14-4)15-5/h17-20H,11-16H2,1-10H3/q+1/t18-,19?,20?,22-/m1/s1. The first-order valence-electron chi connectivity index (χ1n) is 10.00. The fourth-order valence-corrected chi connectivity index (χ4v) is 5.02.